The summed E-state index contributed by atoms with van der Waals surface area (Å²) < 4.78 is 0. The number of nitrogens with one attached hydrogen (secondary N) is 1. The predicted octanol–water partition coefficient (Wildman–Crippen LogP) is 2.12. The predicted molar refractivity (Wildman–Crippen MR) is 64.0 cm³/mol. The van der Waals surface area contributed by atoms with Gasteiger partial charge in [0.1, 0.15) is 0 Å². The summed E-state index contributed by atoms with van der Waals surface area (Å²) in [4.78, 5) is 0. The van der Waals surface area contributed by atoms with Gasteiger partial charge in [-0.25, -0.2) is 0 Å². The van der Waals surface area contributed by atoms with Gasteiger partial charge in [0.2, 0.25) is 0 Å². The van der Waals surface area contributed by atoms with Crippen molar-refractivity contribution in [3.05, 3.63) is 34.9 Å². The summed E-state index contributed by atoms with van der Waals surface area (Å²) in [6.07, 6.45) is 0. The molecule has 84 valence electrons. The van der Waals surface area contributed by atoms with E-state index in [9.17, 15) is 5.11 Å². The van der Waals surface area contributed by atoms with Crippen LogP contribution in [-0.4, -0.2) is 18.2 Å². The molecule has 0 aromatic heterocycles. The lowest BCUT2D eigenvalue weighted by molar-refractivity contribution is 0.0575. The van der Waals surface area contributed by atoms with Gasteiger partial charge in [-0.15, -0.1) is 0 Å². The molecule has 0 spiro atoms. The number of aryl methyl sites for hydroxylation is 2. The van der Waals surface area contributed by atoms with Gasteiger partial charge in [0.25, 0.3) is 0 Å². The molecule has 0 fully saturated rings. The molecule has 0 aliphatic carbocycles. The van der Waals surface area contributed by atoms with Crippen molar-refractivity contribution in [2.75, 3.05) is 13.1 Å². The number of aliphatic hydroxyl groups is 1. The molecule has 0 radical (unpaired) electrons. The van der Waals surface area contributed by atoms with Crippen LogP contribution in [0.25, 0.3) is 0 Å². The summed E-state index contributed by atoms with van der Waals surface area (Å²) >= 11 is 0. The van der Waals surface area contributed by atoms with Crippen LogP contribution < -0.4 is 5.32 Å². The van der Waals surface area contributed by atoms with E-state index >= 15 is 0 Å². The number of hydrogen-bond acceptors (Lipinski definition) is 2. The molecule has 1 rings (SSSR count). The van der Waals surface area contributed by atoms with Crippen LogP contribution >= 0.6 is 0 Å². The third-order valence-electron chi connectivity index (χ3n) is 2.85. The first-order valence-electron chi connectivity index (χ1n) is 5.48. The van der Waals surface area contributed by atoms with E-state index < -0.39 is 5.60 Å². The first kappa shape index (κ1) is 12.2. The molecule has 2 heteroatoms. The van der Waals surface area contributed by atoms with E-state index in [1.165, 1.54) is 11.1 Å². The zero-order valence-electron chi connectivity index (χ0n) is 10.1. The van der Waals surface area contributed by atoms with Gasteiger partial charge < -0.3 is 10.4 Å². The molecule has 1 aromatic carbocycles. The highest BCUT2D eigenvalue weighted by Crippen LogP contribution is 2.22. The van der Waals surface area contributed by atoms with Crippen molar-refractivity contribution in [2.24, 2.45) is 0 Å². The van der Waals surface area contributed by atoms with Crippen LogP contribution in [0.2, 0.25) is 0 Å². The third kappa shape index (κ3) is 3.05. The highest BCUT2D eigenvalue weighted by molar-refractivity contribution is 5.33. The first-order valence-corrected chi connectivity index (χ1v) is 5.48. The molecule has 15 heavy (non-hydrogen) atoms. The normalized spacial score (nSPS) is 15.0. The van der Waals surface area contributed by atoms with Crippen LogP contribution in [0, 0.1) is 13.8 Å². The first-order chi connectivity index (χ1) is 6.97. The van der Waals surface area contributed by atoms with Crippen molar-refractivity contribution in [2.45, 2.75) is 33.3 Å². The molecule has 0 aliphatic heterocycles. The topological polar surface area (TPSA) is 32.3 Å². The van der Waals surface area contributed by atoms with Crippen molar-refractivity contribution >= 4 is 0 Å². The van der Waals surface area contributed by atoms with E-state index in [4.69, 9.17) is 0 Å². The molecule has 0 saturated carbocycles. The lowest BCUT2D eigenvalue weighted by Crippen LogP contribution is -2.35. The van der Waals surface area contributed by atoms with Crippen LogP contribution in [0.5, 0.6) is 0 Å². The van der Waals surface area contributed by atoms with Gasteiger partial charge in [-0.3, -0.25) is 0 Å². The molecule has 0 saturated heterocycles. The summed E-state index contributed by atoms with van der Waals surface area (Å²) in [7, 11) is 0. The second kappa shape index (κ2) is 4.77. The molecule has 0 bridgehead atoms. The summed E-state index contributed by atoms with van der Waals surface area (Å²) in [5, 5.41) is 13.4. The molecule has 1 atom stereocenters. The highest BCUT2D eigenvalue weighted by atomic mass is 16.3. The molecular weight excluding hydrogens is 186 g/mol. The van der Waals surface area contributed by atoms with E-state index in [0.29, 0.717) is 6.54 Å². The Labute approximate surface area is 92.3 Å². The van der Waals surface area contributed by atoms with Gasteiger partial charge in [-0.05, 0) is 44.0 Å². The van der Waals surface area contributed by atoms with Gasteiger partial charge >= 0.3 is 0 Å². The van der Waals surface area contributed by atoms with E-state index in [1.807, 2.05) is 19.9 Å². The minimum absolute atomic E-state index is 0.589. The van der Waals surface area contributed by atoms with E-state index in [-0.39, 0.29) is 0 Å². The fourth-order valence-electron chi connectivity index (χ4n) is 1.55. The second-order valence-electron chi connectivity index (χ2n) is 4.35. The fraction of sp³-hybridized carbons (Fsp3) is 0.538. The molecule has 0 aliphatic rings. The summed E-state index contributed by atoms with van der Waals surface area (Å²) in [5.74, 6) is 0. The Hall–Kier alpha value is -0.860. The van der Waals surface area contributed by atoms with Crippen molar-refractivity contribution in [3.63, 3.8) is 0 Å². The zero-order chi connectivity index (χ0) is 11.5. The van der Waals surface area contributed by atoms with E-state index in [0.717, 1.165) is 12.1 Å². The monoisotopic (exact) mass is 207 g/mol. The van der Waals surface area contributed by atoms with Gasteiger partial charge in [-0.1, -0.05) is 25.1 Å². The Morgan fingerprint density at radius 2 is 1.93 bits per heavy atom. The number of benzene rings is 1. The average molecular weight is 207 g/mol. The van der Waals surface area contributed by atoms with E-state index in [1.54, 1.807) is 0 Å². The van der Waals surface area contributed by atoms with E-state index in [2.05, 4.69) is 31.3 Å². The summed E-state index contributed by atoms with van der Waals surface area (Å²) in [5.41, 5.74) is 2.68. The maximum absolute atomic E-state index is 10.3. The van der Waals surface area contributed by atoms with Crippen molar-refractivity contribution in [3.8, 4) is 0 Å². The van der Waals surface area contributed by atoms with Crippen molar-refractivity contribution < 1.29 is 5.11 Å². The number of rotatable bonds is 4. The molecular formula is C13H21NO. The highest BCUT2D eigenvalue weighted by Gasteiger charge is 2.22. The Morgan fingerprint density at radius 3 is 2.47 bits per heavy atom. The van der Waals surface area contributed by atoms with Crippen molar-refractivity contribution in [1.29, 1.82) is 0 Å². The maximum Gasteiger partial charge on any atom is 0.0992 e. The lowest BCUT2D eigenvalue weighted by atomic mass is 9.93. The number of hydrogen-bond donors (Lipinski definition) is 2. The maximum atomic E-state index is 10.3. The quantitative estimate of drug-likeness (QED) is 0.792. The van der Waals surface area contributed by atoms with Gasteiger partial charge in [-0.2, -0.15) is 0 Å². The van der Waals surface area contributed by atoms with Gasteiger partial charge in [0.15, 0.2) is 0 Å². The molecule has 0 heterocycles. The molecule has 2 nitrogen and oxygen atoms in total. The summed E-state index contributed by atoms with van der Waals surface area (Å²) in [6, 6.07) is 6.12. The zero-order valence-corrected chi connectivity index (χ0v) is 10.1. The van der Waals surface area contributed by atoms with Gasteiger partial charge in [0, 0.05) is 6.54 Å². The second-order valence-corrected chi connectivity index (χ2v) is 4.35. The Morgan fingerprint density at radius 1 is 1.27 bits per heavy atom. The van der Waals surface area contributed by atoms with Crippen LogP contribution in [-0.2, 0) is 5.60 Å². The van der Waals surface area contributed by atoms with Crippen molar-refractivity contribution in [1.82, 2.24) is 5.32 Å². The molecule has 2 N–H and O–H groups in total. The molecule has 0 amide bonds. The smallest absolute Gasteiger partial charge is 0.0992 e. The van der Waals surface area contributed by atoms with Crippen LogP contribution in [0.1, 0.15) is 30.5 Å². The minimum atomic E-state index is -0.783. The van der Waals surface area contributed by atoms with Crippen LogP contribution in [0.4, 0.5) is 0 Å². The Balaban J connectivity index is 2.89. The van der Waals surface area contributed by atoms with Gasteiger partial charge in [0.05, 0.1) is 5.60 Å². The standard InChI is InChI=1S/C13H21NO/c1-5-14-9-13(4,15)12-7-6-10(2)11(3)8-12/h6-8,14-15H,5,9H2,1-4H3. The summed E-state index contributed by atoms with van der Waals surface area (Å²) in [6.45, 7) is 9.50. The van der Waals surface area contributed by atoms with Crippen LogP contribution in [0.3, 0.4) is 0 Å². The van der Waals surface area contributed by atoms with Crippen LogP contribution in [0.15, 0.2) is 18.2 Å². The minimum Gasteiger partial charge on any atom is -0.384 e. The lowest BCUT2D eigenvalue weighted by Gasteiger charge is -2.24. The largest absolute Gasteiger partial charge is 0.384 e. The SMILES string of the molecule is CCNCC(C)(O)c1ccc(C)c(C)c1. The fourth-order valence-corrected chi connectivity index (χ4v) is 1.55. The molecule has 1 unspecified atom stereocenters. The average Bonchev–Trinajstić information content (AvgIpc) is 2.19. The third-order valence-corrected chi connectivity index (χ3v) is 2.85. The Kier molecular flexibility index (Phi) is 3.89. The number of likely N-dealkylation sites (N-methyl/N-ethyl adjacent to an activating group) is 1. The molecule has 1 aromatic rings. The Bertz CT molecular complexity index is 331.